The molecule has 0 radical (unpaired) electrons. The number of nitrogens with zero attached hydrogens (tertiary/aromatic N) is 1. The third kappa shape index (κ3) is 3.28. The highest BCUT2D eigenvalue weighted by Gasteiger charge is 2.39. The molecule has 2 aliphatic rings. The van der Waals surface area contributed by atoms with Gasteiger partial charge in [-0.3, -0.25) is 4.79 Å². The van der Waals surface area contributed by atoms with Crippen LogP contribution in [0.4, 0.5) is 10.5 Å². The number of carbonyl (C=O) groups excluding carboxylic acids is 2. The number of anilines is 1. The number of benzene rings is 1. The molecule has 124 valence electrons. The predicted octanol–water partition coefficient (Wildman–Crippen LogP) is 1.66. The molecule has 3 amide bonds. The third-order valence-electron chi connectivity index (χ3n) is 4.62. The molecule has 6 nitrogen and oxygen atoms in total. The van der Waals surface area contributed by atoms with Crippen molar-refractivity contribution in [1.82, 2.24) is 10.6 Å². The first-order valence-electron chi connectivity index (χ1n) is 7.79. The maximum absolute atomic E-state index is 12.5. The molecule has 7 heteroatoms. The van der Waals surface area contributed by atoms with E-state index in [1.165, 1.54) is 0 Å². The Bertz CT molecular complexity index is 613. The van der Waals surface area contributed by atoms with Crippen LogP contribution in [0.2, 0.25) is 5.02 Å². The normalized spacial score (nSPS) is 22.6. The summed E-state index contributed by atoms with van der Waals surface area (Å²) in [6.07, 6.45) is 3.07. The van der Waals surface area contributed by atoms with Gasteiger partial charge in [-0.2, -0.15) is 0 Å². The fourth-order valence-corrected chi connectivity index (χ4v) is 3.26. The molecule has 1 saturated carbocycles. The van der Waals surface area contributed by atoms with Gasteiger partial charge >= 0.3 is 6.03 Å². The minimum absolute atomic E-state index is 0.0757. The molecule has 1 aromatic carbocycles. The van der Waals surface area contributed by atoms with Gasteiger partial charge < -0.3 is 20.6 Å². The number of hydrogen-bond acceptors (Lipinski definition) is 3. The zero-order valence-corrected chi connectivity index (χ0v) is 13.5. The fraction of sp³-hybridized carbons (Fsp3) is 0.500. The fourth-order valence-electron chi connectivity index (χ4n) is 3.08. The Kier molecular flexibility index (Phi) is 4.46. The number of amides is 3. The lowest BCUT2D eigenvalue weighted by atomic mass is 9.77. The van der Waals surface area contributed by atoms with E-state index in [1.54, 1.807) is 23.1 Å². The Morgan fingerprint density at radius 1 is 1.43 bits per heavy atom. The number of halogens is 1. The Morgan fingerprint density at radius 2 is 2.22 bits per heavy atom. The highest BCUT2D eigenvalue weighted by Crippen LogP contribution is 2.31. The number of hydrogen-bond donors (Lipinski definition) is 3. The van der Waals surface area contributed by atoms with E-state index in [0.29, 0.717) is 18.0 Å². The molecule has 0 spiro atoms. The van der Waals surface area contributed by atoms with Gasteiger partial charge in [0.05, 0.1) is 12.1 Å². The molecule has 0 bridgehead atoms. The van der Waals surface area contributed by atoms with Gasteiger partial charge in [-0.25, -0.2) is 4.79 Å². The van der Waals surface area contributed by atoms with E-state index in [9.17, 15) is 14.7 Å². The molecule has 1 saturated heterocycles. The summed E-state index contributed by atoms with van der Waals surface area (Å²) in [5, 5.41) is 15.5. The lowest BCUT2D eigenvalue weighted by Crippen LogP contribution is -2.60. The molecular weight excluding hydrogens is 318 g/mol. The van der Waals surface area contributed by atoms with Crippen molar-refractivity contribution in [2.75, 3.05) is 18.1 Å². The Balaban J connectivity index is 1.60. The van der Waals surface area contributed by atoms with Crippen LogP contribution in [0.3, 0.4) is 0 Å². The van der Waals surface area contributed by atoms with Gasteiger partial charge in [-0.1, -0.05) is 17.7 Å². The summed E-state index contributed by atoms with van der Waals surface area (Å²) in [5.74, 6) is -0.144. The lowest BCUT2D eigenvalue weighted by Gasteiger charge is -2.41. The molecule has 0 unspecified atom stereocenters. The first-order valence-corrected chi connectivity index (χ1v) is 8.17. The Hall–Kier alpha value is -1.79. The monoisotopic (exact) mass is 337 g/mol. The standard InChI is InChI=1S/C16H20ClN3O3/c17-11-3-1-4-12(9-11)20-8-5-13(14(20)22)18-15(23)19-16(10-21)6-2-7-16/h1,3-4,9,13,21H,2,5-8,10H2,(H2,18,19,23)/t13-/m1/s1. The summed E-state index contributed by atoms with van der Waals surface area (Å²) in [7, 11) is 0. The highest BCUT2D eigenvalue weighted by molar-refractivity contribution is 6.31. The maximum atomic E-state index is 12.5. The lowest BCUT2D eigenvalue weighted by molar-refractivity contribution is -0.118. The van der Waals surface area contributed by atoms with Crippen molar-refractivity contribution >= 4 is 29.2 Å². The van der Waals surface area contributed by atoms with E-state index < -0.39 is 17.6 Å². The summed E-state index contributed by atoms with van der Waals surface area (Å²) in [6, 6.07) is 6.15. The van der Waals surface area contributed by atoms with E-state index in [4.69, 9.17) is 11.6 Å². The minimum atomic E-state index is -0.551. The molecule has 0 aromatic heterocycles. The molecule has 3 rings (SSSR count). The SMILES string of the molecule is O=C(N[C@@H]1CCN(c2cccc(Cl)c2)C1=O)NC1(CO)CCC1. The number of carbonyl (C=O) groups is 2. The van der Waals surface area contributed by atoms with Gasteiger partial charge in [0.1, 0.15) is 6.04 Å². The van der Waals surface area contributed by atoms with E-state index in [1.807, 2.05) is 6.07 Å². The van der Waals surface area contributed by atoms with Gasteiger partial charge in [-0.15, -0.1) is 0 Å². The second-order valence-corrected chi connectivity index (χ2v) is 6.64. The van der Waals surface area contributed by atoms with Crippen LogP contribution in [-0.2, 0) is 4.79 Å². The van der Waals surface area contributed by atoms with Gasteiger partial charge in [-0.05, 0) is 43.9 Å². The summed E-state index contributed by atoms with van der Waals surface area (Å²) in [5.41, 5.74) is 0.219. The van der Waals surface area contributed by atoms with E-state index in [-0.39, 0.29) is 12.5 Å². The molecule has 3 N–H and O–H groups in total. The van der Waals surface area contributed by atoms with Gasteiger partial charge in [0.15, 0.2) is 0 Å². The van der Waals surface area contributed by atoms with Crippen molar-refractivity contribution in [3.63, 3.8) is 0 Å². The zero-order valence-electron chi connectivity index (χ0n) is 12.7. The first kappa shape index (κ1) is 16.1. The minimum Gasteiger partial charge on any atom is -0.394 e. The summed E-state index contributed by atoms with van der Waals surface area (Å²) >= 11 is 5.96. The van der Waals surface area contributed by atoms with Crippen LogP contribution in [0.15, 0.2) is 24.3 Å². The molecule has 1 aliphatic heterocycles. The van der Waals surface area contributed by atoms with Crippen LogP contribution in [0.1, 0.15) is 25.7 Å². The van der Waals surface area contributed by atoms with Gasteiger partial charge in [0, 0.05) is 17.3 Å². The molecule has 2 fully saturated rings. The Labute approximate surface area is 139 Å². The Morgan fingerprint density at radius 3 is 2.83 bits per heavy atom. The molecular formula is C16H20ClN3O3. The van der Waals surface area contributed by atoms with Crippen molar-refractivity contribution in [2.24, 2.45) is 0 Å². The average Bonchev–Trinajstić information content (AvgIpc) is 2.84. The smallest absolute Gasteiger partial charge is 0.315 e. The van der Waals surface area contributed by atoms with Crippen molar-refractivity contribution < 1.29 is 14.7 Å². The number of rotatable bonds is 4. The number of nitrogens with one attached hydrogen (secondary N) is 2. The largest absolute Gasteiger partial charge is 0.394 e. The van der Waals surface area contributed by atoms with Crippen molar-refractivity contribution in [1.29, 1.82) is 0 Å². The van der Waals surface area contributed by atoms with Crippen LogP contribution in [0.5, 0.6) is 0 Å². The number of aliphatic hydroxyl groups excluding tert-OH is 1. The summed E-state index contributed by atoms with van der Waals surface area (Å²) < 4.78 is 0. The molecule has 1 aromatic rings. The summed E-state index contributed by atoms with van der Waals surface area (Å²) in [6.45, 7) is 0.461. The van der Waals surface area contributed by atoms with E-state index in [0.717, 1.165) is 24.9 Å². The zero-order chi connectivity index (χ0) is 16.4. The molecule has 1 atom stereocenters. The molecule has 1 heterocycles. The highest BCUT2D eigenvalue weighted by atomic mass is 35.5. The van der Waals surface area contributed by atoms with E-state index in [2.05, 4.69) is 10.6 Å². The van der Waals surface area contributed by atoms with Crippen molar-refractivity contribution in [3.8, 4) is 0 Å². The maximum Gasteiger partial charge on any atom is 0.315 e. The van der Waals surface area contributed by atoms with Gasteiger partial charge in [0.25, 0.3) is 0 Å². The van der Waals surface area contributed by atoms with E-state index >= 15 is 0 Å². The second kappa shape index (κ2) is 6.37. The van der Waals surface area contributed by atoms with Crippen LogP contribution in [-0.4, -0.2) is 41.8 Å². The van der Waals surface area contributed by atoms with Crippen LogP contribution < -0.4 is 15.5 Å². The van der Waals surface area contributed by atoms with Crippen LogP contribution in [0, 0.1) is 0 Å². The third-order valence-corrected chi connectivity index (χ3v) is 4.86. The predicted molar refractivity (Wildman–Crippen MR) is 87.5 cm³/mol. The van der Waals surface area contributed by atoms with Crippen LogP contribution in [0.25, 0.3) is 0 Å². The quantitative estimate of drug-likeness (QED) is 0.781. The van der Waals surface area contributed by atoms with Gasteiger partial charge in [0.2, 0.25) is 5.91 Å². The average molecular weight is 338 g/mol. The first-order chi connectivity index (χ1) is 11.0. The van der Waals surface area contributed by atoms with Crippen molar-refractivity contribution in [3.05, 3.63) is 29.3 Å². The van der Waals surface area contributed by atoms with Crippen molar-refractivity contribution in [2.45, 2.75) is 37.3 Å². The molecule has 1 aliphatic carbocycles. The summed E-state index contributed by atoms with van der Waals surface area (Å²) in [4.78, 5) is 26.2. The molecule has 23 heavy (non-hydrogen) atoms. The topological polar surface area (TPSA) is 81.7 Å². The number of urea groups is 1. The van der Waals surface area contributed by atoms with Crippen LogP contribution >= 0.6 is 11.6 Å². The second-order valence-electron chi connectivity index (χ2n) is 6.20. The number of aliphatic hydroxyl groups is 1.